The highest BCUT2D eigenvalue weighted by Crippen LogP contribution is 2.22. The summed E-state index contributed by atoms with van der Waals surface area (Å²) in [5, 5.41) is 1.11. The van der Waals surface area contributed by atoms with E-state index in [4.69, 9.17) is 4.98 Å². The maximum Gasteiger partial charge on any atom is 0.115 e. The summed E-state index contributed by atoms with van der Waals surface area (Å²) in [4.78, 5) is 21.8. The Hall–Kier alpha value is -3.34. The van der Waals surface area contributed by atoms with Crippen LogP contribution in [0, 0.1) is 0 Å². The van der Waals surface area contributed by atoms with Gasteiger partial charge in [-0.2, -0.15) is 0 Å². The number of imidazole rings is 1. The Bertz CT molecular complexity index is 1210. The van der Waals surface area contributed by atoms with Crippen LogP contribution in [-0.4, -0.2) is 24.9 Å². The van der Waals surface area contributed by atoms with E-state index in [1.807, 2.05) is 36.5 Å². The molecule has 0 spiro atoms. The molecule has 1 N–H and O–H groups in total. The maximum atomic E-state index is 4.75. The number of hydrogen-bond donors (Lipinski definition) is 1. The number of H-pyrrole nitrogens is 1. The third-order valence-electron chi connectivity index (χ3n) is 4.39. The van der Waals surface area contributed by atoms with E-state index in [0.717, 1.165) is 57.3 Å². The van der Waals surface area contributed by atoms with E-state index in [1.165, 1.54) is 0 Å². The lowest BCUT2D eigenvalue weighted by atomic mass is 10.2. The van der Waals surface area contributed by atoms with Crippen molar-refractivity contribution in [2.45, 2.75) is 12.8 Å². The highest BCUT2D eigenvalue weighted by atomic mass is 14.9. The first-order valence-electron chi connectivity index (χ1n) is 8.30. The molecule has 120 valence electrons. The molecule has 2 aromatic carbocycles. The van der Waals surface area contributed by atoms with Crippen LogP contribution in [-0.2, 0) is 12.8 Å². The molecule has 0 atom stereocenters. The predicted molar refractivity (Wildman–Crippen MR) is 98.3 cm³/mol. The van der Waals surface area contributed by atoms with Crippen molar-refractivity contribution in [2.75, 3.05) is 0 Å². The zero-order valence-corrected chi connectivity index (χ0v) is 13.5. The molecule has 0 aliphatic carbocycles. The second-order valence-electron chi connectivity index (χ2n) is 6.07. The van der Waals surface area contributed by atoms with Crippen molar-refractivity contribution < 1.29 is 0 Å². The zero-order chi connectivity index (χ0) is 16.6. The summed E-state index contributed by atoms with van der Waals surface area (Å²) >= 11 is 0. The normalized spacial score (nSPS) is 11.5. The van der Waals surface area contributed by atoms with Crippen LogP contribution in [0.1, 0.15) is 11.5 Å². The average molecular weight is 325 g/mol. The van der Waals surface area contributed by atoms with Gasteiger partial charge in [0.1, 0.15) is 11.3 Å². The fourth-order valence-corrected chi connectivity index (χ4v) is 3.14. The lowest BCUT2D eigenvalue weighted by Crippen LogP contribution is -1.97. The first-order valence-corrected chi connectivity index (χ1v) is 8.30. The van der Waals surface area contributed by atoms with E-state index in [9.17, 15) is 0 Å². The van der Waals surface area contributed by atoms with Gasteiger partial charge >= 0.3 is 0 Å². The van der Waals surface area contributed by atoms with Crippen molar-refractivity contribution in [2.24, 2.45) is 0 Å². The van der Waals surface area contributed by atoms with Crippen molar-refractivity contribution in [3.8, 4) is 0 Å². The Balaban J connectivity index is 1.46. The fraction of sp³-hybridized carbons (Fsp3) is 0.100. The molecular weight excluding hydrogens is 310 g/mol. The summed E-state index contributed by atoms with van der Waals surface area (Å²) in [6.07, 6.45) is 5.24. The largest absolute Gasteiger partial charge is 0.342 e. The van der Waals surface area contributed by atoms with E-state index >= 15 is 0 Å². The molecule has 0 aliphatic rings. The van der Waals surface area contributed by atoms with Crippen molar-refractivity contribution in [3.63, 3.8) is 0 Å². The van der Waals surface area contributed by atoms with E-state index < -0.39 is 0 Å². The molecule has 5 heteroatoms. The van der Waals surface area contributed by atoms with Gasteiger partial charge in [0.2, 0.25) is 0 Å². The molecule has 0 saturated carbocycles. The van der Waals surface area contributed by atoms with Crippen LogP contribution in [0.3, 0.4) is 0 Å². The van der Waals surface area contributed by atoms with Crippen LogP contribution in [0.15, 0.2) is 60.9 Å². The minimum Gasteiger partial charge on any atom is -0.342 e. The lowest BCUT2D eigenvalue weighted by molar-refractivity contribution is 0.860. The van der Waals surface area contributed by atoms with Gasteiger partial charge in [0.25, 0.3) is 0 Å². The van der Waals surface area contributed by atoms with Crippen LogP contribution < -0.4 is 0 Å². The number of aromatic nitrogens is 5. The van der Waals surface area contributed by atoms with Crippen LogP contribution >= 0.6 is 0 Å². The average Bonchev–Trinajstić information content (AvgIpc) is 3.10. The van der Waals surface area contributed by atoms with Gasteiger partial charge in [0, 0.05) is 24.2 Å². The molecule has 3 heterocycles. The second kappa shape index (κ2) is 5.63. The quantitative estimate of drug-likeness (QED) is 0.547. The Morgan fingerprint density at radius 2 is 1.68 bits per heavy atom. The number of pyridine rings is 1. The number of aryl methyl sites for hydroxylation is 2. The van der Waals surface area contributed by atoms with Crippen LogP contribution in [0.5, 0.6) is 0 Å². The van der Waals surface area contributed by atoms with Gasteiger partial charge in [-0.25, -0.2) is 9.97 Å². The Morgan fingerprint density at radius 3 is 2.64 bits per heavy atom. The molecule has 0 unspecified atom stereocenters. The number of nitrogens with zero attached hydrogens (tertiary/aromatic N) is 4. The molecule has 5 nitrogen and oxygen atoms in total. The molecule has 0 saturated heterocycles. The molecular formula is C20H15N5. The number of aromatic amines is 1. The summed E-state index contributed by atoms with van der Waals surface area (Å²) in [7, 11) is 0. The Labute approximate surface area is 143 Å². The summed E-state index contributed by atoms with van der Waals surface area (Å²) in [6.45, 7) is 0. The number of benzene rings is 2. The SMILES string of the molecule is c1cnc2c(c1)ccc1[nH]c(CCc3cnc4ccccc4n3)nc12. The van der Waals surface area contributed by atoms with Crippen molar-refractivity contribution in [1.82, 2.24) is 24.9 Å². The van der Waals surface area contributed by atoms with Crippen molar-refractivity contribution in [3.05, 3.63) is 72.4 Å². The Kier molecular flexibility index (Phi) is 3.16. The van der Waals surface area contributed by atoms with E-state index in [0.29, 0.717) is 0 Å². The predicted octanol–water partition coefficient (Wildman–Crippen LogP) is 3.84. The third-order valence-corrected chi connectivity index (χ3v) is 4.39. The highest BCUT2D eigenvalue weighted by Gasteiger charge is 2.08. The zero-order valence-electron chi connectivity index (χ0n) is 13.5. The number of para-hydroxylation sites is 2. The smallest absolute Gasteiger partial charge is 0.115 e. The van der Waals surface area contributed by atoms with E-state index in [1.54, 1.807) is 6.20 Å². The lowest BCUT2D eigenvalue weighted by Gasteiger charge is -2.01. The van der Waals surface area contributed by atoms with Gasteiger partial charge in [0.15, 0.2) is 0 Å². The molecule has 0 bridgehead atoms. The molecule has 3 aromatic heterocycles. The minimum atomic E-state index is 0.788. The van der Waals surface area contributed by atoms with E-state index in [2.05, 4.69) is 38.1 Å². The first-order chi connectivity index (χ1) is 12.4. The van der Waals surface area contributed by atoms with E-state index in [-0.39, 0.29) is 0 Å². The summed E-state index contributed by atoms with van der Waals surface area (Å²) in [6, 6.07) is 16.1. The number of hydrogen-bond acceptors (Lipinski definition) is 4. The van der Waals surface area contributed by atoms with Gasteiger partial charge in [-0.05, 0) is 30.7 Å². The molecule has 25 heavy (non-hydrogen) atoms. The van der Waals surface area contributed by atoms with Gasteiger partial charge in [-0.15, -0.1) is 0 Å². The molecule has 0 radical (unpaired) electrons. The highest BCUT2D eigenvalue weighted by molar-refractivity contribution is 6.01. The second-order valence-corrected chi connectivity index (χ2v) is 6.07. The summed E-state index contributed by atoms with van der Waals surface area (Å²) in [5.41, 5.74) is 5.71. The molecule has 0 aliphatic heterocycles. The minimum absolute atomic E-state index is 0.788. The fourth-order valence-electron chi connectivity index (χ4n) is 3.14. The molecule has 0 amide bonds. The molecule has 5 rings (SSSR count). The standard InChI is InChI=1S/C20H15N5/c1-2-6-16-15(5-1)22-12-14(23-16)8-10-18-24-17-9-7-13-4-3-11-21-19(13)20(17)25-18/h1-7,9,11-12H,8,10H2,(H,24,25). The van der Waals surface area contributed by atoms with Gasteiger partial charge < -0.3 is 4.98 Å². The monoisotopic (exact) mass is 325 g/mol. The van der Waals surface area contributed by atoms with Gasteiger partial charge in [-0.3, -0.25) is 9.97 Å². The van der Waals surface area contributed by atoms with Crippen molar-refractivity contribution >= 4 is 33.0 Å². The van der Waals surface area contributed by atoms with Crippen LogP contribution in [0.25, 0.3) is 33.0 Å². The number of nitrogens with one attached hydrogen (secondary N) is 1. The summed E-state index contributed by atoms with van der Waals surface area (Å²) < 4.78 is 0. The first kappa shape index (κ1) is 14.0. The number of rotatable bonds is 3. The van der Waals surface area contributed by atoms with Crippen LogP contribution in [0.4, 0.5) is 0 Å². The number of fused-ring (bicyclic) bond motifs is 4. The molecule has 5 aromatic rings. The topological polar surface area (TPSA) is 67.3 Å². The van der Waals surface area contributed by atoms with Crippen LogP contribution in [0.2, 0.25) is 0 Å². The Morgan fingerprint density at radius 1 is 0.760 bits per heavy atom. The van der Waals surface area contributed by atoms with Gasteiger partial charge in [0.05, 0.1) is 27.8 Å². The van der Waals surface area contributed by atoms with Gasteiger partial charge in [-0.1, -0.05) is 24.3 Å². The third kappa shape index (κ3) is 2.50. The van der Waals surface area contributed by atoms with Crippen molar-refractivity contribution in [1.29, 1.82) is 0 Å². The molecule has 0 fully saturated rings. The maximum absolute atomic E-state index is 4.75. The summed E-state index contributed by atoms with van der Waals surface area (Å²) in [5.74, 6) is 0.947.